The molecule has 3 rings (SSSR count). The maximum atomic E-state index is 13.2. The van der Waals surface area contributed by atoms with E-state index in [0.29, 0.717) is 23.7 Å². The van der Waals surface area contributed by atoms with Gasteiger partial charge in [0.05, 0.1) is 11.5 Å². The fraction of sp³-hybridized carbons (Fsp3) is 0.261. The lowest BCUT2D eigenvalue weighted by Crippen LogP contribution is -2.38. The number of non-ortho nitro benzene ring substituents is 1. The van der Waals surface area contributed by atoms with Crippen molar-refractivity contribution in [1.29, 1.82) is 0 Å². The SMILES string of the molecule is CCC(C)N(Cc1cccn1Cc1cccc(Cl)c1)C(=O)c1cccc([N+](=O)[O-])c1. The Kier molecular flexibility index (Phi) is 6.90. The summed E-state index contributed by atoms with van der Waals surface area (Å²) in [6, 6.07) is 17.5. The summed E-state index contributed by atoms with van der Waals surface area (Å²) in [7, 11) is 0. The lowest BCUT2D eigenvalue weighted by atomic mass is 10.1. The smallest absolute Gasteiger partial charge is 0.270 e. The lowest BCUT2D eigenvalue weighted by Gasteiger charge is -2.29. The summed E-state index contributed by atoms with van der Waals surface area (Å²) in [5.41, 5.74) is 2.28. The molecule has 0 aliphatic rings. The highest BCUT2D eigenvalue weighted by atomic mass is 35.5. The Bertz CT molecular complexity index is 1050. The Morgan fingerprint density at radius 3 is 2.63 bits per heavy atom. The van der Waals surface area contributed by atoms with Gasteiger partial charge in [0.25, 0.3) is 11.6 Å². The first-order valence-corrected chi connectivity index (χ1v) is 10.2. The first-order chi connectivity index (χ1) is 14.4. The minimum Gasteiger partial charge on any atom is -0.345 e. The number of nitro benzene ring substituents is 1. The quantitative estimate of drug-likeness (QED) is 0.351. The van der Waals surface area contributed by atoms with Crippen LogP contribution in [0.5, 0.6) is 0 Å². The number of hydrogen-bond donors (Lipinski definition) is 0. The van der Waals surface area contributed by atoms with Crippen molar-refractivity contribution >= 4 is 23.2 Å². The van der Waals surface area contributed by atoms with Crippen LogP contribution in [0.2, 0.25) is 5.02 Å². The van der Waals surface area contributed by atoms with Gasteiger partial charge in [-0.3, -0.25) is 14.9 Å². The van der Waals surface area contributed by atoms with Gasteiger partial charge in [-0.15, -0.1) is 0 Å². The second-order valence-electron chi connectivity index (χ2n) is 7.26. The number of amides is 1. The van der Waals surface area contributed by atoms with Crippen molar-refractivity contribution in [3.8, 4) is 0 Å². The van der Waals surface area contributed by atoms with E-state index in [1.807, 2.05) is 56.4 Å². The van der Waals surface area contributed by atoms with E-state index in [-0.39, 0.29) is 17.6 Å². The van der Waals surface area contributed by atoms with Crippen LogP contribution in [0, 0.1) is 10.1 Å². The summed E-state index contributed by atoms with van der Waals surface area (Å²) in [6.45, 7) is 5.05. The molecule has 1 heterocycles. The summed E-state index contributed by atoms with van der Waals surface area (Å²) in [4.78, 5) is 25.6. The van der Waals surface area contributed by atoms with Gasteiger partial charge < -0.3 is 9.47 Å². The molecule has 0 saturated carbocycles. The molecule has 6 nitrogen and oxygen atoms in total. The molecular formula is C23H24ClN3O3. The number of nitrogens with zero attached hydrogens (tertiary/aromatic N) is 3. The summed E-state index contributed by atoms with van der Waals surface area (Å²) in [6.07, 6.45) is 2.75. The molecule has 3 aromatic rings. The fourth-order valence-electron chi connectivity index (χ4n) is 3.32. The first kappa shape index (κ1) is 21.6. The van der Waals surface area contributed by atoms with E-state index in [1.54, 1.807) is 17.0 Å². The molecule has 1 amide bonds. The molecule has 156 valence electrons. The van der Waals surface area contributed by atoms with E-state index >= 15 is 0 Å². The molecule has 0 spiro atoms. The van der Waals surface area contributed by atoms with Gasteiger partial charge in [-0.1, -0.05) is 36.7 Å². The van der Waals surface area contributed by atoms with Crippen LogP contribution in [0.4, 0.5) is 5.69 Å². The summed E-state index contributed by atoms with van der Waals surface area (Å²) >= 11 is 6.10. The normalized spacial score (nSPS) is 11.8. The molecule has 0 aliphatic heterocycles. The van der Waals surface area contributed by atoms with Gasteiger partial charge in [-0.25, -0.2) is 0 Å². The van der Waals surface area contributed by atoms with Crippen molar-refractivity contribution in [1.82, 2.24) is 9.47 Å². The third-order valence-corrected chi connectivity index (χ3v) is 5.42. The third-order valence-electron chi connectivity index (χ3n) is 5.19. The molecule has 0 N–H and O–H groups in total. The highest BCUT2D eigenvalue weighted by molar-refractivity contribution is 6.30. The summed E-state index contributed by atoms with van der Waals surface area (Å²) < 4.78 is 2.09. The monoisotopic (exact) mass is 425 g/mol. The van der Waals surface area contributed by atoms with Gasteiger partial charge in [0, 0.05) is 47.2 Å². The minimum atomic E-state index is -0.486. The van der Waals surface area contributed by atoms with Crippen LogP contribution in [0.1, 0.15) is 41.9 Å². The number of nitro groups is 1. The van der Waals surface area contributed by atoms with E-state index in [4.69, 9.17) is 11.6 Å². The van der Waals surface area contributed by atoms with Crippen molar-refractivity contribution in [3.05, 3.63) is 98.8 Å². The highest BCUT2D eigenvalue weighted by Crippen LogP contribution is 2.20. The minimum absolute atomic E-state index is 0.0220. The number of carbonyl (C=O) groups is 1. The maximum absolute atomic E-state index is 13.2. The van der Waals surface area contributed by atoms with Crippen LogP contribution in [0.15, 0.2) is 66.9 Å². The number of benzene rings is 2. The standard InChI is InChI=1S/C23H24ClN3O3/c1-3-17(2)26(23(28)19-8-5-10-21(14-19)27(29)30)16-22-11-6-12-25(22)15-18-7-4-9-20(24)13-18/h4-14,17H,3,15-16H2,1-2H3. The molecule has 0 saturated heterocycles. The van der Waals surface area contributed by atoms with E-state index in [0.717, 1.165) is 17.7 Å². The highest BCUT2D eigenvalue weighted by Gasteiger charge is 2.23. The zero-order valence-electron chi connectivity index (χ0n) is 17.0. The molecule has 1 unspecified atom stereocenters. The molecule has 0 fully saturated rings. The maximum Gasteiger partial charge on any atom is 0.270 e. The van der Waals surface area contributed by atoms with Gasteiger partial charge >= 0.3 is 0 Å². The molecular weight excluding hydrogens is 402 g/mol. The second kappa shape index (κ2) is 9.59. The predicted molar refractivity (Wildman–Crippen MR) is 118 cm³/mol. The topological polar surface area (TPSA) is 68.4 Å². The van der Waals surface area contributed by atoms with Crippen LogP contribution in [0.3, 0.4) is 0 Å². The molecule has 7 heteroatoms. The average Bonchev–Trinajstić information content (AvgIpc) is 3.17. The van der Waals surface area contributed by atoms with E-state index in [2.05, 4.69) is 4.57 Å². The molecule has 1 atom stereocenters. The van der Waals surface area contributed by atoms with Crippen molar-refractivity contribution in [3.63, 3.8) is 0 Å². The lowest BCUT2D eigenvalue weighted by molar-refractivity contribution is -0.384. The third kappa shape index (κ3) is 5.07. The Labute approximate surface area is 180 Å². The van der Waals surface area contributed by atoms with Crippen LogP contribution in [-0.2, 0) is 13.1 Å². The molecule has 0 radical (unpaired) electrons. The van der Waals surface area contributed by atoms with Crippen LogP contribution in [-0.4, -0.2) is 26.3 Å². The van der Waals surface area contributed by atoms with Crippen LogP contribution in [0.25, 0.3) is 0 Å². The summed E-state index contributed by atoms with van der Waals surface area (Å²) in [5.74, 6) is -0.219. The zero-order chi connectivity index (χ0) is 21.7. The van der Waals surface area contributed by atoms with Gasteiger partial charge in [0.2, 0.25) is 0 Å². The first-order valence-electron chi connectivity index (χ1n) is 9.83. The van der Waals surface area contributed by atoms with Crippen molar-refractivity contribution in [2.75, 3.05) is 0 Å². The zero-order valence-corrected chi connectivity index (χ0v) is 17.7. The fourth-order valence-corrected chi connectivity index (χ4v) is 3.53. The number of rotatable bonds is 8. The molecule has 0 aliphatic carbocycles. The number of aromatic nitrogens is 1. The van der Waals surface area contributed by atoms with Crippen LogP contribution >= 0.6 is 11.6 Å². The molecule has 0 bridgehead atoms. The van der Waals surface area contributed by atoms with Gasteiger partial charge in [-0.2, -0.15) is 0 Å². The predicted octanol–water partition coefficient (Wildman–Crippen LogP) is 5.54. The van der Waals surface area contributed by atoms with E-state index in [9.17, 15) is 14.9 Å². The number of carbonyl (C=O) groups excluding carboxylic acids is 1. The van der Waals surface area contributed by atoms with E-state index < -0.39 is 4.92 Å². The Balaban J connectivity index is 1.86. The van der Waals surface area contributed by atoms with Gasteiger partial charge in [0.15, 0.2) is 0 Å². The summed E-state index contributed by atoms with van der Waals surface area (Å²) in [5, 5.41) is 11.8. The Morgan fingerprint density at radius 2 is 1.93 bits per heavy atom. The van der Waals surface area contributed by atoms with E-state index in [1.165, 1.54) is 12.1 Å². The van der Waals surface area contributed by atoms with Crippen molar-refractivity contribution in [2.45, 2.75) is 39.4 Å². The molecule has 1 aromatic heterocycles. The second-order valence-corrected chi connectivity index (χ2v) is 7.69. The molecule has 2 aromatic carbocycles. The van der Waals surface area contributed by atoms with Gasteiger partial charge in [0.1, 0.15) is 0 Å². The number of halogens is 1. The van der Waals surface area contributed by atoms with Crippen LogP contribution < -0.4 is 0 Å². The molecule has 30 heavy (non-hydrogen) atoms. The number of hydrogen-bond acceptors (Lipinski definition) is 3. The Morgan fingerprint density at radius 1 is 1.17 bits per heavy atom. The van der Waals surface area contributed by atoms with Gasteiger partial charge in [-0.05, 0) is 49.2 Å². The van der Waals surface area contributed by atoms with Crippen molar-refractivity contribution in [2.24, 2.45) is 0 Å². The average molecular weight is 426 g/mol. The largest absolute Gasteiger partial charge is 0.345 e. The van der Waals surface area contributed by atoms with Crippen molar-refractivity contribution < 1.29 is 9.72 Å². The Hall–Kier alpha value is -3.12.